The van der Waals surface area contributed by atoms with Crippen molar-refractivity contribution < 1.29 is 34.9 Å². The predicted molar refractivity (Wildman–Crippen MR) is 108 cm³/mol. The van der Waals surface area contributed by atoms with Crippen molar-refractivity contribution >= 4 is 5.69 Å². The first-order chi connectivity index (χ1) is 14.7. The molecule has 0 N–H and O–H groups in total. The average Bonchev–Trinajstić information content (AvgIpc) is 3.19. The fourth-order valence-electron chi connectivity index (χ4n) is 2.89. The van der Waals surface area contributed by atoms with Crippen molar-refractivity contribution in [2.45, 2.75) is 0 Å². The van der Waals surface area contributed by atoms with E-state index in [2.05, 4.69) is 22.1 Å². The number of allylic oxidation sites excluding steroid dienone is 3. The molecule has 158 valence electrons. The summed E-state index contributed by atoms with van der Waals surface area (Å²) >= 11 is 0. The minimum Gasteiger partial charge on any atom is -0.508 e. The van der Waals surface area contributed by atoms with E-state index in [-0.39, 0.29) is 26.9 Å². The van der Waals surface area contributed by atoms with Gasteiger partial charge in [0.05, 0.1) is 0 Å². The first-order valence-electron chi connectivity index (χ1n) is 9.08. The zero-order chi connectivity index (χ0) is 20.3. The molecule has 0 saturated heterocycles. The van der Waals surface area contributed by atoms with Crippen LogP contribution in [0, 0.1) is 24.6 Å². The van der Waals surface area contributed by atoms with Crippen molar-refractivity contribution in [3.63, 3.8) is 0 Å². The van der Waals surface area contributed by atoms with Crippen molar-refractivity contribution in [3.05, 3.63) is 110 Å². The van der Waals surface area contributed by atoms with E-state index in [1.807, 2.05) is 47.1 Å². The normalized spacial score (nSPS) is 14.0. The molecule has 2 aliphatic rings. The maximum absolute atomic E-state index is 13.3. The van der Waals surface area contributed by atoms with Gasteiger partial charge in [0.25, 0.3) is 0 Å². The molecule has 6 nitrogen and oxygen atoms in total. The van der Waals surface area contributed by atoms with E-state index in [0.29, 0.717) is 17.2 Å². The van der Waals surface area contributed by atoms with Gasteiger partial charge in [-0.1, -0.05) is 24.0 Å². The fourth-order valence-corrected chi connectivity index (χ4v) is 2.89. The van der Waals surface area contributed by atoms with Crippen LogP contribution in [0.1, 0.15) is 0 Å². The van der Waals surface area contributed by atoms with E-state index in [0.717, 1.165) is 11.4 Å². The molecule has 4 heterocycles. The number of halogens is 1. The summed E-state index contributed by atoms with van der Waals surface area (Å²) in [6.07, 6.45) is 14.5. The van der Waals surface area contributed by atoms with Gasteiger partial charge in [0.1, 0.15) is 5.82 Å². The molecule has 0 aliphatic carbocycles. The Morgan fingerprint density at radius 3 is 2.68 bits per heavy atom. The molecular formula is C23H14FN4O2Pt-3. The van der Waals surface area contributed by atoms with E-state index in [4.69, 9.17) is 9.47 Å². The molecular weight excluding hydrogens is 578 g/mol. The molecule has 2 aromatic heterocycles. The van der Waals surface area contributed by atoms with E-state index < -0.39 is 5.82 Å². The van der Waals surface area contributed by atoms with Crippen LogP contribution in [-0.2, 0) is 21.1 Å². The smallest absolute Gasteiger partial charge is 0.219 e. The summed E-state index contributed by atoms with van der Waals surface area (Å²) in [6.45, 7) is 1.93. The number of ether oxygens (including phenoxy) is 2. The van der Waals surface area contributed by atoms with Gasteiger partial charge in [0.15, 0.2) is 0 Å². The molecule has 2 aliphatic heterocycles. The molecule has 0 radical (unpaired) electrons. The molecule has 1 aromatic carbocycles. The summed E-state index contributed by atoms with van der Waals surface area (Å²) in [5, 5.41) is 0. The average molecular weight is 592 g/mol. The van der Waals surface area contributed by atoms with Crippen LogP contribution in [0.15, 0.2) is 85.2 Å². The molecule has 8 heteroatoms. The van der Waals surface area contributed by atoms with Crippen LogP contribution in [0.25, 0.3) is 0 Å². The monoisotopic (exact) mass is 592 g/mol. The predicted octanol–water partition coefficient (Wildman–Crippen LogP) is 4.96. The Balaban J connectivity index is 0.00000231. The summed E-state index contributed by atoms with van der Waals surface area (Å²) < 4.78 is 24.7. The third-order valence-corrected chi connectivity index (χ3v) is 4.23. The molecule has 0 amide bonds. The Kier molecular flexibility index (Phi) is 6.14. The Morgan fingerprint density at radius 1 is 0.968 bits per heavy atom. The Hall–Kier alpha value is -3.44. The summed E-state index contributed by atoms with van der Waals surface area (Å²) in [5.41, 5.74) is 1.77. The topological polar surface area (TPSA) is 50.7 Å². The number of fused-ring (bicyclic) bond motifs is 1. The molecule has 0 spiro atoms. The minimum absolute atomic E-state index is 0. The van der Waals surface area contributed by atoms with Crippen LogP contribution in [0.2, 0.25) is 0 Å². The van der Waals surface area contributed by atoms with E-state index in [1.165, 1.54) is 18.3 Å². The molecule has 5 rings (SSSR count). The SMILES string of the molecule is Fc1ccnc(Oc2[c-]c(Oc3[c-]c(N4C=C5C=CC=CN5[CH-]4)cnc3)ccc2)c1.[Pt]. The molecule has 0 unspecified atom stereocenters. The van der Waals surface area contributed by atoms with Gasteiger partial charge in [0, 0.05) is 56.3 Å². The third kappa shape index (κ3) is 4.83. The molecule has 0 fully saturated rings. The quantitative estimate of drug-likeness (QED) is 0.391. The van der Waals surface area contributed by atoms with E-state index in [9.17, 15) is 4.39 Å². The first kappa shape index (κ1) is 20.8. The molecule has 0 saturated carbocycles. The Morgan fingerprint density at radius 2 is 1.84 bits per heavy atom. The standard InChI is InChI=1S/C23H14FN4O2.Pt/c24-17-7-8-26-23(10-17)30-21-6-3-5-20(12-21)29-22-11-19(13-25-14-22)28-15-18-4-1-2-9-27(18)16-28;/h1-10,13-16H;/q-3;. The van der Waals surface area contributed by atoms with Crippen LogP contribution in [0.5, 0.6) is 23.1 Å². The van der Waals surface area contributed by atoms with Gasteiger partial charge in [-0.25, -0.2) is 9.37 Å². The summed E-state index contributed by atoms with van der Waals surface area (Å²) in [6, 6.07) is 13.8. The van der Waals surface area contributed by atoms with Gasteiger partial charge < -0.3 is 24.3 Å². The van der Waals surface area contributed by atoms with Crippen molar-refractivity contribution in [1.82, 2.24) is 14.9 Å². The second kappa shape index (κ2) is 9.14. The van der Waals surface area contributed by atoms with Crippen LogP contribution in [-0.4, -0.2) is 14.9 Å². The summed E-state index contributed by atoms with van der Waals surface area (Å²) in [7, 11) is 0. The largest absolute Gasteiger partial charge is 0.508 e. The molecule has 0 atom stereocenters. The number of pyridine rings is 2. The molecule has 0 bridgehead atoms. The van der Waals surface area contributed by atoms with E-state index in [1.54, 1.807) is 30.6 Å². The number of rotatable bonds is 5. The maximum Gasteiger partial charge on any atom is 0.219 e. The Bertz CT molecular complexity index is 1180. The third-order valence-electron chi connectivity index (χ3n) is 4.23. The Labute approximate surface area is 193 Å². The summed E-state index contributed by atoms with van der Waals surface area (Å²) in [4.78, 5) is 12.1. The van der Waals surface area contributed by atoms with Gasteiger partial charge >= 0.3 is 0 Å². The number of aromatic nitrogens is 2. The number of nitrogens with zero attached hydrogens (tertiary/aromatic N) is 4. The number of anilines is 1. The number of hydrogen-bond acceptors (Lipinski definition) is 6. The summed E-state index contributed by atoms with van der Waals surface area (Å²) in [5.74, 6) is 0.887. The van der Waals surface area contributed by atoms with Crippen LogP contribution in [0.3, 0.4) is 0 Å². The van der Waals surface area contributed by atoms with Gasteiger partial charge in [0.2, 0.25) is 5.88 Å². The maximum atomic E-state index is 13.3. The zero-order valence-electron chi connectivity index (χ0n) is 15.9. The van der Waals surface area contributed by atoms with Gasteiger partial charge in [-0.3, -0.25) is 0 Å². The van der Waals surface area contributed by atoms with E-state index >= 15 is 0 Å². The second-order valence-corrected chi connectivity index (χ2v) is 6.36. The molecule has 3 aromatic rings. The van der Waals surface area contributed by atoms with Crippen molar-refractivity contribution in [2.24, 2.45) is 0 Å². The zero-order valence-corrected chi connectivity index (χ0v) is 18.2. The van der Waals surface area contributed by atoms with Crippen molar-refractivity contribution in [2.75, 3.05) is 4.90 Å². The van der Waals surface area contributed by atoms with Gasteiger partial charge in [-0.15, -0.1) is 24.9 Å². The second-order valence-electron chi connectivity index (χ2n) is 6.36. The number of hydrogen-bond donors (Lipinski definition) is 0. The van der Waals surface area contributed by atoms with Gasteiger partial charge in [-0.05, 0) is 36.8 Å². The van der Waals surface area contributed by atoms with Crippen LogP contribution in [0.4, 0.5) is 10.1 Å². The number of benzene rings is 1. The van der Waals surface area contributed by atoms with Crippen LogP contribution < -0.4 is 14.4 Å². The van der Waals surface area contributed by atoms with Gasteiger partial charge in [-0.2, -0.15) is 6.07 Å². The van der Waals surface area contributed by atoms with Crippen molar-refractivity contribution in [1.29, 1.82) is 0 Å². The molecule has 31 heavy (non-hydrogen) atoms. The minimum atomic E-state index is -0.430. The fraction of sp³-hybridized carbons (Fsp3) is 0. The van der Waals surface area contributed by atoms with Crippen LogP contribution >= 0.6 is 0 Å². The van der Waals surface area contributed by atoms with Crippen molar-refractivity contribution in [3.8, 4) is 23.1 Å². The first-order valence-corrected chi connectivity index (χ1v) is 9.08.